The maximum Gasteiger partial charge on any atom is 0.249 e. The third kappa shape index (κ3) is 3.63. The molecule has 1 atom stereocenters. The highest BCUT2D eigenvalue weighted by atomic mass is 16.5. The first-order valence-corrected chi connectivity index (χ1v) is 9.83. The molecule has 0 saturated carbocycles. The van der Waals surface area contributed by atoms with Crippen molar-refractivity contribution in [2.75, 3.05) is 33.4 Å². The van der Waals surface area contributed by atoms with Crippen LogP contribution in [-0.4, -0.2) is 76.9 Å². The SMILES string of the molecule is CCC(=O)NC(C)C(=O)N1CCC2(CC1)c1nc[nH]c1CCN2C(=O)COC. The molecular formula is C19H29N5O4. The van der Waals surface area contributed by atoms with Gasteiger partial charge in [0.2, 0.25) is 17.7 Å². The van der Waals surface area contributed by atoms with Gasteiger partial charge in [-0.3, -0.25) is 14.4 Å². The van der Waals surface area contributed by atoms with Gasteiger partial charge >= 0.3 is 0 Å². The standard InChI is InChI=1S/C19H29N5O4/c1-4-15(25)22-13(2)18(27)23-9-6-19(7-10-23)17-14(20-12-21-17)5-8-24(19)16(26)11-28-3/h12-13H,4-11H2,1-3H3,(H,20,21)(H,22,25). The van der Waals surface area contributed by atoms with Crippen LogP contribution in [0.5, 0.6) is 0 Å². The zero-order valence-electron chi connectivity index (χ0n) is 16.8. The third-order valence-electron chi connectivity index (χ3n) is 5.80. The summed E-state index contributed by atoms with van der Waals surface area (Å²) in [6.45, 7) is 5.12. The fourth-order valence-electron chi connectivity index (χ4n) is 4.33. The predicted octanol–water partition coefficient (Wildman–Crippen LogP) is 0.173. The number of methoxy groups -OCH3 is 1. The molecule has 1 aromatic heterocycles. The van der Waals surface area contributed by atoms with Crippen molar-refractivity contribution >= 4 is 17.7 Å². The molecule has 1 aromatic rings. The number of amides is 3. The summed E-state index contributed by atoms with van der Waals surface area (Å²) >= 11 is 0. The maximum absolute atomic E-state index is 12.7. The van der Waals surface area contributed by atoms with Crippen LogP contribution in [0.4, 0.5) is 0 Å². The molecule has 0 radical (unpaired) electrons. The van der Waals surface area contributed by atoms with E-state index < -0.39 is 11.6 Å². The second-order valence-corrected chi connectivity index (χ2v) is 7.46. The fourth-order valence-corrected chi connectivity index (χ4v) is 4.33. The molecule has 9 nitrogen and oxygen atoms in total. The Labute approximate surface area is 164 Å². The summed E-state index contributed by atoms with van der Waals surface area (Å²) in [6.07, 6.45) is 3.98. The molecule has 3 heterocycles. The lowest BCUT2D eigenvalue weighted by Crippen LogP contribution is -2.60. The van der Waals surface area contributed by atoms with Crippen LogP contribution >= 0.6 is 0 Å². The minimum atomic E-state index is -0.556. The minimum Gasteiger partial charge on any atom is -0.375 e. The monoisotopic (exact) mass is 391 g/mol. The van der Waals surface area contributed by atoms with Gasteiger partial charge in [-0.25, -0.2) is 4.98 Å². The number of carbonyl (C=O) groups excluding carboxylic acids is 3. The van der Waals surface area contributed by atoms with E-state index in [-0.39, 0.29) is 24.3 Å². The van der Waals surface area contributed by atoms with Gasteiger partial charge in [0.25, 0.3) is 0 Å². The van der Waals surface area contributed by atoms with Crippen LogP contribution in [0.2, 0.25) is 0 Å². The van der Waals surface area contributed by atoms with Crippen molar-refractivity contribution in [2.45, 2.75) is 51.1 Å². The van der Waals surface area contributed by atoms with Gasteiger partial charge in [0, 0.05) is 45.3 Å². The molecule has 2 N–H and O–H groups in total. The molecule has 2 aliphatic heterocycles. The highest BCUT2D eigenvalue weighted by molar-refractivity contribution is 5.87. The lowest BCUT2D eigenvalue weighted by molar-refractivity contribution is -0.148. The molecule has 28 heavy (non-hydrogen) atoms. The molecule has 1 unspecified atom stereocenters. The van der Waals surface area contributed by atoms with Crippen molar-refractivity contribution in [3.05, 3.63) is 17.7 Å². The zero-order chi connectivity index (χ0) is 20.3. The van der Waals surface area contributed by atoms with Gasteiger partial charge in [0.05, 0.1) is 17.6 Å². The Kier molecular flexibility index (Phi) is 6.02. The summed E-state index contributed by atoms with van der Waals surface area (Å²) in [6, 6.07) is -0.556. The molecular weight excluding hydrogens is 362 g/mol. The Morgan fingerprint density at radius 2 is 2.04 bits per heavy atom. The molecule has 0 bridgehead atoms. The summed E-state index contributed by atoms with van der Waals surface area (Å²) in [4.78, 5) is 48.4. The number of fused-ring (bicyclic) bond motifs is 2. The van der Waals surface area contributed by atoms with Crippen molar-refractivity contribution in [1.29, 1.82) is 0 Å². The number of nitrogens with zero attached hydrogens (tertiary/aromatic N) is 3. The second kappa shape index (κ2) is 8.30. The number of likely N-dealkylation sites (tertiary alicyclic amines) is 1. The first-order valence-electron chi connectivity index (χ1n) is 9.83. The number of imidazole rings is 1. The summed E-state index contributed by atoms with van der Waals surface area (Å²) in [5, 5.41) is 2.72. The number of H-pyrrole nitrogens is 1. The van der Waals surface area contributed by atoms with Crippen molar-refractivity contribution < 1.29 is 19.1 Å². The summed E-state index contributed by atoms with van der Waals surface area (Å²) < 4.78 is 5.07. The first kappa shape index (κ1) is 20.3. The smallest absolute Gasteiger partial charge is 0.249 e. The van der Waals surface area contributed by atoms with Gasteiger partial charge in [-0.1, -0.05) is 6.92 Å². The van der Waals surface area contributed by atoms with Gasteiger partial charge in [-0.05, 0) is 19.8 Å². The number of carbonyl (C=O) groups is 3. The number of ether oxygens (including phenoxy) is 1. The van der Waals surface area contributed by atoms with Crippen LogP contribution in [-0.2, 0) is 31.1 Å². The number of rotatable bonds is 5. The summed E-state index contributed by atoms with van der Waals surface area (Å²) in [5.74, 6) is -0.289. The number of hydrogen-bond acceptors (Lipinski definition) is 5. The Morgan fingerprint density at radius 1 is 1.32 bits per heavy atom. The molecule has 1 fully saturated rings. The van der Waals surface area contributed by atoms with Gasteiger partial charge in [0.1, 0.15) is 12.6 Å². The number of nitrogens with one attached hydrogen (secondary N) is 2. The molecule has 3 rings (SSSR count). The fraction of sp³-hybridized carbons (Fsp3) is 0.684. The van der Waals surface area contributed by atoms with E-state index in [4.69, 9.17) is 4.74 Å². The Bertz CT molecular complexity index is 738. The van der Waals surface area contributed by atoms with E-state index in [1.807, 2.05) is 4.90 Å². The van der Waals surface area contributed by atoms with Crippen molar-refractivity contribution in [3.63, 3.8) is 0 Å². The van der Waals surface area contributed by atoms with E-state index >= 15 is 0 Å². The molecule has 0 aliphatic carbocycles. The lowest BCUT2D eigenvalue weighted by atomic mass is 9.78. The van der Waals surface area contributed by atoms with E-state index in [0.29, 0.717) is 38.9 Å². The largest absolute Gasteiger partial charge is 0.375 e. The van der Waals surface area contributed by atoms with E-state index in [0.717, 1.165) is 17.8 Å². The topological polar surface area (TPSA) is 108 Å². The molecule has 1 saturated heterocycles. The van der Waals surface area contributed by atoms with E-state index in [2.05, 4.69) is 15.3 Å². The first-order chi connectivity index (χ1) is 13.4. The Balaban J connectivity index is 1.76. The van der Waals surface area contributed by atoms with Crippen LogP contribution in [0.25, 0.3) is 0 Å². The molecule has 0 aromatic carbocycles. The van der Waals surface area contributed by atoms with Crippen molar-refractivity contribution in [3.8, 4) is 0 Å². The number of hydrogen-bond donors (Lipinski definition) is 2. The highest BCUT2D eigenvalue weighted by Gasteiger charge is 2.49. The number of aromatic amines is 1. The normalized spacial score (nSPS) is 19.2. The van der Waals surface area contributed by atoms with Gasteiger partial charge in [0.15, 0.2) is 0 Å². The Morgan fingerprint density at radius 3 is 2.68 bits per heavy atom. The molecule has 154 valence electrons. The van der Waals surface area contributed by atoms with E-state index in [9.17, 15) is 14.4 Å². The average Bonchev–Trinajstić information content (AvgIpc) is 3.18. The number of aromatic nitrogens is 2. The van der Waals surface area contributed by atoms with Crippen LogP contribution in [0, 0.1) is 0 Å². The van der Waals surface area contributed by atoms with Crippen LogP contribution < -0.4 is 5.32 Å². The van der Waals surface area contributed by atoms with Gasteiger partial charge in [-0.2, -0.15) is 0 Å². The van der Waals surface area contributed by atoms with E-state index in [1.54, 1.807) is 25.1 Å². The van der Waals surface area contributed by atoms with Gasteiger partial charge in [-0.15, -0.1) is 0 Å². The average molecular weight is 391 g/mol. The van der Waals surface area contributed by atoms with Crippen LogP contribution in [0.15, 0.2) is 6.33 Å². The molecule has 2 aliphatic rings. The highest BCUT2D eigenvalue weighted by Crippen LogP contribution is 2.42. The lowest BCUT2D eigenvalue weighted by Gasteiger charge is -2.50. The van der Waals surface area contributed by atoms with Crippen LogP contribution in [0.1, 0.15) is 44.5 Å². The quantitative estimate of drug-likeness (QED) is 0.744. The third-order valence-corrected chi connectivity index (χ3v) is 5.80. The molecule has 9 heteroatoms. The Hall–Kier alpha value is -2.42. The molecule has 1 spiro atoms. The second-order valence-electron chi connectivity index (χ2n) is 7.46. The minimum absolute atomic E-state index is 0.0320. The maximum atomic E-state index is 12.7. The molecule has 3 amide bonds. The van der Waals surface area contributed by atoms with Crippen LogP contribution in [0.3, 0.4) is 0 Å². The number of piperidine rings is 1. The van der Waals surface area contributed by atoms with Gasteiger partial charge < -0.3 is 24.8 Å². The van der Waals surface area contributed by atoms with Crippen molar-refractivity contribution in [1.82, 2.24) is 25.1 Å². The summed E-state index contributed by atoms with van der Waals surface area (Å²) in [5.41, 5.74) is 1.45. The van der Waals surface area contributed by atoms with Crippen molar-refractivity contribution in [2.24, 2.45) is 0 Å². The zero-order valence-corrected chi connectivity index (χ0v) is 16.8. The predicted molar refractivity (Wildman–Crippen MR) is 101 cm³/mol. The summed E-state index contributed by atoms with van der Waals surface area (Å²) in [7, 11) is 1.52. The van der Waals surface area contributed by atoms with E-state index in [1.165, 1.54) is 7.11 Å².